The van der Waals surface area contributed by atoms with E-state index >= 15 is 0 Å². The second kappa shape index (κ2) is 7.74. The number of carbonyl (C=O) groups is 2. The normalized spacial score (nSPS) is 23.0. The second-order valence-corrected chi connectivity index (χ2v) is 6.32. The summed E-state index contributed by atoms with van der Waals surface area (Å²) in [5.41, 5.74) is 0.626. The van der Waals surface area contributed by atoms with Crippen LogP contribution in [-0.2, 0) is 14.3 Å². The molecule has 1 N–H and O–H groups in total. The van der Waals surface area contributed by atoms with Gasteiger partial charge in [-0.1, -0.05) is 0 Å². The smallest absolute Gasteiger partial charge is 0.227 e. The summed E-state index contributed by atoms with van der Waals surface area (Å²) in [6, 6.07) is 5.28. The van der Waals surface area contributed by atoms with Crippen LogP contribution in [0.4, 0.5) is 5.69 Å². The molecule has 25 heavy (non-hydrogen) atoms. The number of benzene rings is 1. The first-order chi connectivity index (χ1) is 12.1. The van der Waals surface area contributed by atoms with Gasteiger partial charge in [0.25, 0.3) is 0 Å². The van der Waals surface area contributed by atoms with E-state index in [-0.39, 0.29) is 30.3 Å². The fourth-order valence-electron chi connectivity index (χ4n) is 3.29. The molecule has 0 unspecified atom stereocenters. The Balaban J connectivity index is 1.66. The molecule has 0 saturated carbocycles. The first kappa shape index (κ1) is 17.5. The first-order valence-electron chi connectivity index (χ1n) is 8.54. The molecule has 7 heteroatoms. The summed E-state index contributed by atoms with van der Waals surface area (Å²) in [5.74, 6) is 0.645. The molecule has 2 amide bonds. The van der Waals surface area contributed by atoms with Crippen molar-refractivity contribution in [2.45, 2.75) is 25.4 Å². The van der Waals surface area contributed by atoms with Crippen LogP contribution in [0.5, 0.6) is 11.5 Å². The molecule has 1 aromatic rings. The van der Waals surface area contributed by atoms with Crippen LogP contribution in [0.3, 0.4) is 0 Å². The number of anilines is 1. The molecule has 2 atom stereocenters. The van der Waals surface area contributed by atoms with Crippen LogP contribution in [0.2, 0.25) is 0 Å². The number of ether oxygens (including phenoxy) is 3. The number of hydrogen-bond acceptors (Lipinski definition) is 5. The molecule has 2 aliphatic rings. The highest BCUT2D eigenvalue weighted by Gasteiger charge is 2.36. The Hall–Kier alpha value is -2.28. The van der Waals surface area contributed by atoms with Gasteiger partial charge in [-0.15, -0.1) is 0 Å². The molecule has 3 rings (SSSR count). The molecular formula is C18H24N2O5. The number of methoxy groups -OCH3 is 2. The van der Waals surface area contributed by atoms with E-state index in [4.69, 9.17) is 14.2 Å². The van der Waals surface area contributed by atoms with Crippen LogP contribution < -0.4 is 19.7 Å². The third-order valence-corrected chi connectivity index (χ3v) is 4.70. The van der Waals surface area contributed by atoms with Crippen molar-refractivity contribution >= 4 is 17.5 Å². The zero-order chi connectivity index (χ0) is 17.8. The molecule has 2 aliphatic heterocycles. The van der Waals surface area contributed by atoms with Crippen LogP contribution in [0.25, 0.3) is 0 Å². The number of hydrogen-bond donors (Lipinski definition) is 1. The van der Waals surface area contributed by atoms with Gasteiger partial charge in [0.15, 0.2) is 0 Å². The number of nitrogens with zero attached hydrogens (tertiary/aromatic N) is 1. The van der Waals surface area contributed by atoms with Crippen molar-refractivity contribution in [1.82, 2.24) is 5.32 Å². The lowest BCUT2D eigenvalue weighted by atomic mass is 10.1. The molecule has 0 aromatic heterocycles. The Morgan fingerprint density at radius 3 is 2.88 bits per heavy atom. The maximum atomic E-state index is 12.4. The highest BCUT2D eigenvalue weighted by atomic mass is 16.5. The highest BCUT2D eigenvalue weighted by Crippen LogP contribution is 2.36. The summed E-state index contributed by atoms with van der Waals surface area (Å²) < 4.78 is 16.1. The Labute approximate surface area is 147 Å². The third kappa shape index (κ3) is 3.87. The number of rotatable bonds is 6. The minimum Gasteiger partial charge on any atom is -0.497 e. The van der Waals surface area contributed by atoms with Crippen molar-refractivity contribution in [3.63, 3.8) is 0 Å². The van der Waals surface area contributed by atoms with E-state index in [1.54, 1.807) is 37.3 Å². The largest absolute Gasteiger partial charge is 0.497 e. The average Bonchev–Trinajstić information content (AvgIpc) is 3.28. The van der Waals surface area contributed by atoms with Crippen LogP contribution in [0, 0.1) is 5.92 Å². The maximum absolute atomic E-state index is 12.4. The summed E-state index contributed by atoms with van der Waals surface area (Å²) in [6.07, 6.45) is 2.29. The standard InChI is InChI=1S/C18H24N2O5/c1-23-13-5-6-16(24-2)15(9-13)20-11-12(8-17(20)21)18(22)19-10-14-4-3-7-25-14/h5-6,9,12,14H,3-4,7-8,10-11H2,1-2H3,(H,19,22)/t12-,14-/m1/s1. The van der Waals surface area contributed by atoms with Gasteiger partial charge in [-0.2, -0.15) is 0 Å². The molecule has 0 radical (unpaired) electrons. The van der Waals surface area contributed by atoms with Crippen molar-refractivity contribution < 1.29 is 23.8 Å². The summed E-state index contributed by atoms with van der Waals surface area (Å²) in [5, 5.41) is 2.91. The van der Waals surface area contributed by atoms with Gasteiger partial charge in [0.2, 0.25) is 11.8 Å². The maximum Gasteiger partial charge on any atom is 0.227 e. The van der Waals surface area contributed by atoms with E-state index in [1.807, 2.05) is 0 Å². The Morgan fingerprint density at radius 2 is 2.20 bits per heavy atom. The molecule has 0 bridgehead atoms. The molecule has 2 saturated heterocycles. The lowest BCUT2D eigenvalue weighted by Crippen LogP contribution is -2.37. The summed E-state index contributed by atoms with van der Waals surface area (Å²) in [4.78, 5) is 26.4. The van der Waals surface area contributed by atoms with Crippen LogP contribution in [0.1, 0.15) is 19.3 Å². The Bertz CT molecular complexity index is 642. The van der Waals surface area contributed by atoms with Gasteiger partial charge in [0.1, 0.15) is 11.5 Å². The lowest BCUT2D eigenvalue weighted by molar-refractivity contribution is -0.126. The van der Waals surface area contributed by atoms with Crippen molar-refractivity contribution in [3.05, 3.63) is 18.2 Å². The summed E-state index contributed by atoms with van der Waals surface area (Å²) >= 11 is 0. The van der Waals surface area contributed by atoms with Crippen LogP contribution >= 0.6 is 0 Å². The van der Waals surface area contributed by atoms with Crippen LogP contribution in [-0.4, -0.2) is 51.8 Å². The van der Waals surface area contributed by atoms with Gasteiger partial charge in [-0.3, -0.25) is 9.59 Å². The Morgan fingerprint density at radius 1 is 1.36 bits per heavy atom. The summed E-state index contributed by atoms with van der Waals surface area (Å²) in [7, 11) is 3.12. The summed E-state index contributed by atoms with van der Waals surface area (Å²) in [6.45, 7) is 1.59. The minimum absolute atomic E-state index is 0.0932. The van der Waals surface area contributed by atoms with Crippen molar-refractivity contribution in [1.29, 1.82) is 0 Å². The molecule has 2 fully saturated rings. The van der Waals surface area contributed by atoms with Crippen LogP contribution in [0.15, 0.2) is 18.2 Å². The monoisotopic (exact) mass is 348 g/mol. The fraction of sp³-hybridized carbons (Fsp3) is 0.556. The number of nitrogens with one attached hydrogen (secondary N) is 1. The van der Waals surface area contributed by atoms with Gasteiger partial charge in [-0.25, -0.2) is 0 Å². The fourth-order valence-corrected chi connectivity index (χ4v) is 3.29. The Kier molecular flexibility index (Phi) is 5.43. The lowest BCUT2D eigenvalue weighted by Gasteiger charge is -2.20. The predicted octanol–water partition coefficient (Wildman–Crippen LogP) is 1.35. The quantitative estimate of drug-likeness (QED) is 0.840. The van der Waals surface area contributed by atoms with E-state index in [0.29, 0.717) is 30.3 Å². The van der Waals surface area contributed by atoms with Crippen molar-refractivity contribution in [2.75, 3.05) is 38.8 Å². The molecule has 2 heterocycles. The second-order valence-electron chi connectivity index (χ2n) is 6.32. The number of carbonyl (C=O) groups excluding carboxylic acids is 2. The van der Waals surface area contributed by atoms with E-state index in [1.165, 1.54) is 0 Å². The number of amides is 2. The zero-order valence-electron chi connectivity index (χ0n) is 14.6. The molecule has 7 nitrogen and oxygen atoms in total. The molecule has 136 valence electrons. The predicted molar refractivity (Wildman–Crippen MR) is 92.0 cm³/mol. The molecule has 0 spiro atoms. The van der Waals surface area contributed by atoms with Gasteiger partial charge in [0, 0.05) is 32.2 Å². The van der Waals surface area contributed by atoms with Gasteiger partial charge >= 0.3 is 0 Å². The van der Waals surface area contributed by atoms with Gasteiger partial charge in [-0.05, 0) is 25.0 Å². The highest BCUT2D eigenvalue weighted by molar-refractivity contribution is 6.01. The average molecular weight is 348 g/mol. The van der Waals surface area contributed by atoms with E-state index in [9.17, 15) is 9.59 Å². The van der Waals surface area contributed by atoms with Gasteiger partial charge < -0.3 is 24.4 Å². The van der Waals surface area contributed by atoms with Gasteiger partial charge in [0.05, 0.1) is 31.9 Å². The molecule has 0 aliphatic carbocycles. The molecule has 1 aromatic carbocycles. The minimum atomic E-state index is -0.371. The SMILES string of the molecule is COc1ccc(OC)c(N2C[C@H](C(=O)NC[C@H]3CCCO3)CC2=O)c1. The zero-order valence-corrected chi connectivity index (χ0v) is 14.6. The van der Waals surface area contributed by atoms with E-state index in [0.717, 1.165) is 19.4 Å². The first-order valence-corrected chi connectivity index (χ1v) is 8.54. The van der Waals surface area contributed by atoms with E-state index in [2.05, 4.69) is 5.32 Å². The molecular weight excluding hydrogens is 324 g/mol. The van der Waals surface area contributed by atoms with Crippen molar-refractivity contribution in [2.24, 2.45) is 5.92 Å². The topological polar surface area (TPSA) is 77.1 Å². The van der Waals surface area contributed by atoms with E-state index < -0.39 is 0 Å². The third-order valence-electron chi connectivity index (χ3n) is 4.70. The van der Waals surface area contributed by atoms with Crippen molar-refractivity contribution in [3.8, 4) is 11.5 Å².